The number of hydrogen-bond acceptors (Lipinski definition) is 4. The van der Waals surface area contributed by atoms with Crippen LogP contribution in [0.5, 0.6) is 0 Å². The smallest absolute Gasteiger partial charge is 0.224 e. The Balaban J connectivity index is 1.37. The first-order valence-electron chi connectivity index (χ1n) is 11.4. The van der Waals surface area contributed by atoms with Crippen LogP contribution in [0, 0.1) is 12.8 Å². The maximum absolute atomic E-state index is 12.8. The molecule has 2 aromatic rings. The first-order chi connectivity index (χ1) is 15.4. The lowest BCUT2D eigenvalue weighted by atomic mass is 9.99. The molecule has 5 nitrogen and oxygen atoms in total. The lowest BCUT2D eigenvalue weighted by Gasteiger charge is -2.31. The van der Waals surface area contributed by atoms with Gasteiger partial charge in [0.05, 0.1) is 11.7 Å². The van der Waals surface area contributed by atoms with Crippen molar-refractivity contribution in [2.75, 3.05) is 31.1 Å². The van der Waals surface area contributed by atoms with E-state index >= 15 is 0 Å². The fourth-order valence-electron chi connectivity index (χ4n) is 3.91. The number of carbonyl (C=O) groups is 1. The van der Waals surface area contributed by atoms with Gasteiger partial charge in [0.25, 0.3) is 0 Å². The molecule has 1 N–H and O–H groups in total. The van der Waals surface area contributed by atoms with Crippen LogP contribution >= 0.6 is 11.8 Å². The fraction of sp³-hybridized carbons (Fsp3) is 0.480. The number of nitrogens with zero attached hydrogens (tertiary/aromatic N) is 1. The van der Waals surface area contributed by atoms with Gasteiger partial charge < -0.3 is 5.32 Å². The van der Waals surface area contributed by atoms with Crippen molar-refractivity contribution in [3.05, 3.63) is 71.3 Å². The maximum Gasteiger partial charge on any atom is 0.224 e. The third-order valence-electron chi connectivity index (χ3n) is 5.79. The zero-order valence-corrected chi connectivity index (χ0v) is 20.5. The highest BCUT2D eigenvalue weighted by atomic mass is 32.2. The standard InChI is InChI=1S/C25H34N2O3S2/c1-21-11-13-23(14-12-21)20-31-17-15-26-25(28)24-10-5-16-27(19-24)32(29,30)18-6-9-22-7-3-2-4-8-22/h2-4,7-8,11-14,24H,5-6,9-10,15-20H2,1H3,(H,26,28)/t24-/m0/s1. The Morgan fingerprint density at radius 3 is 2.59 bits per heavy atom. The molecule has 1 saturated heterocycles. The number of amides is 1. The molecule has 2 aromatic carbocycles. The molecule has 3 rings (SSSR count). The van der Waals surface area contributed by atoms with Crippen LogP contribution in [0.2, 0.25) is 0 Å². The number of aryl methyl sites for hydroxylation is 2. The molecule has 1 amide bonds. The minimum atomic E-state index is -3.33. The van der Waals surface area contributed by atoms with Gasteiger partial charge in [0.2, 0.25) is 15.9 Å². The second-order valence-electron chi connectivity index (χ2n) is 8.43. The molecule has 0 bridgehead atoms. The molecule has 1 atom stereocenters. The third-order valence-corrected chi connectivity index (χ3v) is 8.75. The number of rotatable bonds is 11. The number of piperidine rings is 1. The summed E-state index contributed by atoms with van der Waals surface area (Å²) in [7, 11) is -3.33. The van der Waals surface area contributed by atoms with Gasteiger partial charge in [-0.05, 0) is 43.7 Å². The van der Waals surface area contributed by atoms with Gasteiger partial charge in [-0.2, -0.15) is 11.8 Å². The Kier molecular flexibility index (Phi) is 9.63. The van der Waals surface area contributed by atoms with Crippen molar-refractivity contribution in [1.82, 2.24) is 9.62 Å². The first kappa shape index (κ1) is 24.8. The highest BCUT2D eigenvalue weighted by molar-refractivity contribution is 7.98. The van der Waals surface area contributed by atoms with E-state index in [1.807, 2.05) is 30.3 Å². The molecule has 1 heterocycles. The fourth-order valence-corrected chi connectivity index (χ4v) is 6.31. The molecule has 32 heavy (non-hydrogen) atoms. The summed E-state index contributed by atoms with van der Waals surface area (Å²) >= 11 is 1.79. The molecule has 1 aliphatic heterocycles. The zero-order valence-electron chi connectivity index (χ0n) is 18.8. The SMILES string of the molecule is Cc1ccc(CSCCNC(=O)[C@H]2CCCN(S(=O)(=O)CCCc3ccccc3)C2)cc1. The van der Waals surface area contributed by atoms with Gasteiger partial charge in [-0.1, -0.05) is 60.2 Å². The minimum absolute atomic E-state index is 0.0230. The van der Waals surface area contributed by atoms with Crippen molar-refractivity contribution < 1.29 is 13.2 Å². The van der Waals surface area contributed by atoms with Crippen LogP contribution in [0.15, 0.2) is 54.6 Å². The van der Waals surface area contributed by atoms with Crippen LogP contribution in [0.3, 0.4) is 0 Å². The van der Waals surface area contributed by atoms with Crippen molar-refractivity contribution in [2.45, 2.75) is 38.4 Å². The van der Waals surface area contributed by atoms with Crippen LogP contribution in [-0.2, 0) is 27.0 Å². The van der Waals surface area contributed by atoms with Gasteiger partial charge in [0, 0.05) is 31.1 Å². The molecule has 7 heteroatoms. The van der Waals surface area contributed by atoms with E-state index in [9.17, 15) is 13.2 Å². The molecule has 1 aliphatic rings. The lowest BCUT2D eigenvalue weighted by Crippen LogP contribution is -2.46. The van der Waals surface area contributed by atoms with Crippen molar-refractivity contribution in [3.8, 4) is 0 Å². The summed E-state index contributed by atoms with van der Waals surface area (Å²) in [4.78, 5) is 12.6. The number of hydrogen-bond donors (Lipinski definition) is 1. The van der Waals surface area contributed by atoms with Crippen LogP contribution in [0.25, 0.3) is 0 Å². The average Bonchev–Trinajstić information content (AvgIpc) is 2.80. The Bertz CT molecular complexity index is 947. The van der Waals surface area contributed by atoms with Crippen molar-refractivity contribution >= 4 is 27.7 Å². The summed E-state index contributed by atoms with van der Waals surface area (Å²) in [6.45, 7) is 3.50. The Morgan fingerprint density at radius 2 is 1.84 bits per heavy atom. The number of sulfonamides is 1. The van der Waals surface area contributed by atoms with Crippen LogP contribution < -0.4 is 5.32 Å². The third kappa shape index (κ3) is 7.94. The molecule has 1 fully saturated rings. The van der Waals surface area contributed by atoms with Crippen molar-refractivity contribution in [1.29, 1.82) is 0 Å². The summed E-state index contributed by atoms with van der Waals surface area (Å²) in [5.41, 5.74) is 3.69. The van der Waals surface area contributed by atoms with Crippen LogP contribution in [0.4, 0.5) is 0 Å². The predicted octanol–water partition coefficient (Wildman–Crippen LogP) is 4.02. The van der Waals surface area contributed by atoms with Crippen LogP contribution in [0.1, 0.15) is 36.0 Å². The molecular weight excluding hydrogens is 440 g/mol. The predicted molar refractivity (Wildman–Crippen MR) is 133 cm³/mol. The maximum atomic E-state index is 12.8. The van der Waals surface area contributed by atoms with E-state index in [2.05, 4.69) is 36.5 Å². The van der Waals surface area contributed by atoms with Crippen LogP contribution in [-0.4, -0.2) is 49.8 Å². The zero-order chi connectivity index (χ0) is 22.8. The number of nitrogens with one attached hydrogen (secondary N) is 1. The Morgan fingerprint density at radius 1 is 1.09 bits per heavy atom. The molecule has 0 spiro atoms. The highest BCUT2D eigenvalue weighted by Gasteiger charge is 2.31. The average molecular weight is 475 g/mol. The molecular formula is C25H34N2O3S2. The quantitative estimate of drug-likeness (QED) is 0.500. The van der Waals surface area contributed by atoms with E-state index in [1.165, 1.54) is 15.4 Å². The van der Waals surface area contributed by atoms with Crippen molar-refractivity contribution in [2.24, 2.45) is 5.92 Å². The van der Waals surface area contributed by atoms with Gasteiger partial charge in [0.1, 0.15) is 0 Å². The Labute approximate surface area is 197 Å². The van der Waals surface area contributed by atoms with Gasteiger partial charge in [-0.25, -0.2) is 12.7 Å². The van der Waals surface area contributed by atoms with E-state index in [1.54, 1.807) is 11.8 Å². The second kappa shape index (κ2) is 12.4. The van der Waals surface area contributed by atoms with E-state index < -0.39 is 10.0 Å². The minimum Gasteiger partial charge on any atom is -0.355 e. The topological polar surface area (TPSA) is 66.5 Å². The molecule has 174 valence electrons. The largest absolute Gasteiger partial charge is 0.355 e. The van der Waals surface area contributed by atoms with Gasteiger partial charge >= 0.3 is 0 Å². The number of carbonyl (C=O) groups excluding carboxylic acids is 1. The molecule has 0 unspecified atom stereocenters. The first-order valence-corrected chi connectivity index (χ1v) is 14.1. The van der Waals surface area contributed by atoms with E-state index in [-0.39, 0.29) is 17.6 Å². The lowest BCUT2D eigenvalue weighted by molar-refractivity contribution is -0.125. The summed E-state index contributed by atoms with van der Waals surface area (Å²) in [6, 6.07) is 18.4. The molecule has 0 aromatic heterocycles. The number of thioether (sulfide) groups is 1. The molecule has 0 radical (unpaired) electrons. The molecule has 0 saturated carbocycles. The van der Waals surface area contributed by atoms with Gasteiger partial charge in [0.15, 0.2) is 0 Å². The highest BCUT2D eigenvalue weighted by Crippen LogP contribution is 2.21. The summed E-state index contributed by atoms with van der Waals surface area (Å²) in [6.07, 6.45) is 2.83. The van der Waals surface area contributed by atoms with E-state index in [0.29, 0.717) is 26.1 Å². The normalized spacial score (nSPS) is 17.2. The number of benzene rings is 2. The van der Waals surface area contributed by atoms with E-state index in [4.69, 9.17) is 0 Å². The van der Waals surface area contributed by atoms with Gasteiger partial charge in [-0.3, -0.25) is 4.79 Å². The summed E-state index contributed by atoms with van der Waals surface area (Å²) in [5, 5.41) is 3.00. The molecule has 0 aliphatic carbocycles. The summed E-state index contributed by atoms with van der Waals surface area (Å²) in [5.74, 6) is 1.62. The summed E-state index contributed by atoms with van der Waals surface area (Å²) < 4.78 is 27.1. The Hall–Kier alpha value is -1.83. The van der Waals surface area contributed by atoms with E-state index in [0.717, 1.165) is 36.3 Å². The second-order valence-corrected chi connectivity index (χ2v) is 11.6. The van der Waals surface area contributed by atoms with Gasteiger partial charge in [-0.15, -0.1) is 0 Å². The van der Waals surface area contributed by atoms with Crippen molar-refractivity contribution in [3.63, 3.8) is 0 Å². The monoisotopic (exact) mass is 474 g/mol.